The molecule has 0 bridgehead atoms. The van der Waals surface area contributed by atoms with Crippen LogP contribution < -0.4 is 5.32 Å². The fourth-order valence-electron chi connectivity index (χ4n) is 1.02. The summed E-state index contributed by atoms with van der Waals surface area (Å²) in [4.78, 5) is 11.4. The lowest BCUT2D eigenvalue weighted by Crippen LogP contribution is -2.43. The van der Waals surface area contributed by atoms with Gasteiger partial charge in [-0.1, -0.05) is 13.3 Å². The summed E-state index contributed by atoms with van der Waals surface area (Å²) in [6.45, 7) is 2.46. The van der Waals surface area contributed by atoms with Gasteiger partial charge >= 0.3 is 0 Å². The van der Waals surface area contributed by atoms with Crippen LogP contribution in [-0.4, -0.2) is 57.2 Å². The molecular formula is C9H21N3O3S. The van der Waals surface area contributed by atoms with Crippen molar-refractivity contribution in [3.63, 3.8) is 0 Å². The van der Waals surface area contributed by atoms with E-state index < -0.39 is 10.2 Å². The van der Waals surface area contributed by atoms with Gasteiger partial charge in [-0.3, -0.25) is 4.79 Å². The van der Waals surface area contributed by atoms with Crippen LogP contribution in [0.15, 0.2) is 0 Å². The monoisotopic (exact) mass is 251 g/mol. The van der Waals surface area contributed by atoms with Crippen molar-refractivity contribution in [2.24, 2.45) is 0 Å². The molecular weight excluding hydrogens is 230 g/mol. The number of nitrogens with zero attached hydrogens (tertiary/aromatic N) is 2. The van der Waals surface area contributed by atoms with E-state index in [1.165, 1.54) is 21.1 Å². The molecule has 0 heterocycles. The highest BCUT2D eigenvalue weighted by molar-refractivity contribution is 7.86. The molecule has 0 aliphatic rings. The average Bonchev–Trinajstić information content (AvgIpc) is 2.17. The van der Waals surface area contributed by atoms with Gasteiger partial charge < -0.3 is 5.32 Å². The number of amides is 1. The zero-order chi connectivity index (χ0) is 12.8. The Morgan fingerprint density at radius 3 is 2.25 bits per heavy atom. The Kier molecular flexibility index (Phi) is 6.54. The summed E-state index contributed by atoms with van der Waals surface area (Å²) < 4.78 is 25.2. The standard InChI is InChI=1S/C9H21N3O3S/c1-5-6-7-10-9(13)8-12(4)16(14,15)11(2)3/h5-8H2,1-4H3,(H,10,13). The number of carbonyl (C=O) groups is 1. The van der Waals surface area contributed by atoms with Crippen molar-refractivity contribution in [1.82, 2.24) is 13.9 Å². The fraction of sp³-hybridized carbons (Fsp3) is 0.889. The number of rotatable bonds is 7. The maximum absolute atomic E-state index is 11.6. The predicted molar refractivity (Wildman–Crippen MR) is 63.2 cm³/mol. The van der Waals surface area contributed by atoms with E-state index in [2.05, 4.69) is 5.32 Å². The van der Waals surface area contributed by atoms with Gasteiger partial charge in [0.05, 0.1) is 6.54 Å². The van der Waals surface area contributed by atoms with Crippen molar-refractivity contribution in [1.29, 1.82) is 0 Å². The predicted octanol–water partition coefficient (Wildman–Crippen LogP) is -0.359. The molecule has 0 aliphatic heterocycles. The number of hydrogen-bond acceptors (Lipinski definition) is 3. The summed E-state index contributed by atoms with van der Waals surface area (Å²) >= 11 is 0. The van der Waals surface area contributed by atoms with Gasteiger partial charge in [-0.15, -0.1) is 0 Å². The number of unbranched alkanes of at least 4 members (excludes halogenated alkanes) is 1. The molecule has 0 aromatic heterocycles. The van der Waals surface area contributed by atoms with Crippen LogP contribution in [0.5, 0.6) is 0 Å². The van der Waals surface area contributed by atoms with E-state index in [0.29, 0.717) is 6.54 Å². The maximum Gasteiger partial charge on any atom is 0.281 e. The van der Waals surface area contributed by atoms with E-state index in [1.807, 2.05) is 6.92 Å². The Bertz CT molecular complexity index is 314. The SMILES string of the molecule is CCCCNC(=O)CN(C)S(=O)(=O)N(C)C. The largest absolute Gasteiger partial charge is 0.355 e. The highest BCUT2D eigenvalue weighted by Gasteiger charge is 2.22. The summed E-state index contributed by atoms with van der Waals surface area (Å²) in [7, 11) is 0.750. The van der Waals surface area contributed by atoms with Crippen molar-refractivity contribution in [2.75, 3.05) is 34.2 Å². The summed E-state index contributed by atoms with van der Waals surface area (Å²) in [5.74, 6) is -0.277. The molecule has 1 N–H and O–H groups in total. The third-order valence-corrected chi connectivity index (χ3v) is 3.91. The second-order valence-electron chi connectivity index (χ2n) is 3.75. The first-order chi connectivity index (χ1) is 7.32. The highest BCUT2D eigenvalue weighted by atomic mass is 32.2. The van der Waals surface area contributed by atoms with Crippen molar-refractivity contribution >= 4 is 16.1 Å². The van der Waals surface area contributed by atoms with Crippen LogP contribution in [-0.2, 0) is 15.0 Å². The molecule has 16 heavy (non-hydrogen) atoms. The zero-order valence-corrected chi connectivity index (χ0v) is 11.2. The molecule has 7 heteroatoms. The van der Waals surface area contributed by atoms with Crippen molar-refractivity contribution < 1.29 is 13.2 Å². The number of carbonyl (C=O) groups excluding carboxylic acids is 1. The first kappa shape index (κ1) is 15.3. The van der Waals surface area contributed by atoms with Crippen molar-refractivity contribution in [2.45, 2.75) is 19.8 Å². The van der Waals surface area contributed by atoms with E-state index in [1.54, 1.807) is 0 Å². The molecule has 6 nitrogen and oxygen atoms in total. The van der Waals surface area contributed by atoms with Crippen LogP contribution in [0.1, 0.15) is 19.8 Å². The van der Waals surface area contributed by atoms with Crippen molar-refractivity contribution in [3.05, 3.63) is 0 Å². The van der Waals surface area contributed by atoms with Crippen molar-refractivity contribution in [3.8, 4) is 0 Å². The number of likely N-dealkylation sites (N-methyl/N-ethyl adjacent to an activating group) is 1. The first-order valence-corrected chi connectivity index (χ1v) is 6.62. The average molecular weight is 251 g/mol. The van der Waals surface area contributed by atoms with Gasteiger partial charge in [0.2, 0.25) is 5.91 Å². The number of hydrogen-bond donors (Lipinski definition) is 1. The maximum atomic E-state index is 11.6. The molecule has 0 rings (SSSR count). The molecule has 0 fully saturated rings. The zero-order valence-electron chi connectivity index (χ0n) is 10.4. The Labute approximate surface area is 97.8 Å². The normalized spacial score (nSPS) is 12.1. The van der Waals surface area contributed by atoms with Crippen LogP contribution in [0.4, 0.5) is 0 Å². The summed E-state index contributed by atoms with van der Waals surface area (Å²) in [5.41, 5.74) is 0. The number of nitrogens with one attached hydrogen (secondary N) is 1. The van der Waals surface area contributed by atoms with Gasteiger partial charge in [0.25, 0.3) is 10.2 Å². The third kappa shape index (κ3) is 4.91. The second kappa shape index (κ2) is 6.82. The smallest absolute Gasteiger partial charge is 0.281 e. The van der Waals surface area contributed by atoms with Gasteiger partial charge in [0, 0.05) is 27.7 Å². The molecule has 0 aromatic rings. The van der Waals surface area contributed by atoms with Crippen LogP contribution in [0.25, 0.3) is 0 Å². The third-order valence-electron chi connectivity index (χ3n) is 2.07. The van der Waals surface area contributed by atoms with Crippen LogP contribution in [0.3, 0.4) is 0 Å². The summed E-state index contributed by atoms with van der Waals surface area (Å²) in [6, 6.07) is 0. The molecule has 1 amide bonds. The Balaban J connectivity index is 4.15. The molecule has 0 atom stereocenters. The summed E-state index contributed by atoms with van der Waals surface area (Å²) in [5, 5.41) is 2.66. The summed E-state index contributed by atoms with van der Waals surface area (Å²) in [6.07, 6.45) is 1.89. The van der Waals surface area contributed by atoms with E-state index in [4.69, 9.17) is 0 Å². The highest BCUT2D eigenvalue weighted by Crippen LogP contribution is 1.99. The lowest BCUT2D eigenvalue weighted by Gasteiger charge is -2.20. The van der Waals surface area contributed by atoms with Crippen LogP contribution in [0.2, 0.25) is 0 Å². The van der Waals surface area contributed by atoms with Gasteiger partial charge in [-0.25, -0.2) is 0 Å². The molecule has 0 aromatic carbocycles. The van der Waals surface area contributed by atoms with E-state index >= 15 is 0 Å². The molecule has 0 aliphatic carbocycles. The lowest BCUT2D eigenvalue weighted by molar-refractivity contribution is -0.121. The first-order valence-electron chi connectivity index (χ1n) is 5.22. The minimum Gasteiger partial charge on any atom is -0.355 e. The topological polar surface area (TPSA) is 69.7 Å². The quantitative estimate of drug-likeness (QED) is 0.628. The Morgan fingerprint density at radius 1 is 1.25 bits per heavy atom. The van der Waals surface area contributed by atoms with Gasteiger partial charge in [0.15, 0.2) is 0 Å². The molecule has 0 saturated carbocycles. The second-order valence-corrected chi connectivity index (χ2v) is 6.00. The van der Waals surface area contributed by atoms with Crippen LogP contribution in [0, 0.1) is 0 Å². The molecule has 0 saturated heterocycles. The van der Waals surface area contributed by atoms with E-state index in [0.717, 1.165) is 21.5 Å². The van der Waals surface area contributed by atoms with Gasteiger partial charge in [-0.2, -0.15) is 17.0 Å². The van der Waals surface area contributed by atoms with Crippen LogP contribution >= 0.6 is 0 Å². The van der Waals surface area contributed by atoms with E-state index in [9.17, 15) is 13.2 Å². The van der Waals surface area contributed by atoms with Gasteiger partial charge in [0.1, 0.15) is 0 Å². The fourth-order valence-corrected chi connectivity index (χ4v) is 1.86. The van der Waals surface area contributed by atoms with Gasteiger partial charge in [-0.05, 0) is 6.42 Å². The Hall–Kier alpha value is -0.660. The van der Waals surface area contributed by atoms with E-state index in [-0.39, 0.29) is 12.5 Å². The molecule has 0 spiro atoms. The molecule has 0 radical (unpaired) electrons. The molecule has 0 unspecified atom stereocenters. The molecule has 96 valence electrons. The Morgan fingerprint density at radius 2 is 1.81 bits per heavy atom. The lowest BCUT2D eigenvalue weighted by atomic mass is 10.3. The minimum atomic E-state index is -3.50. The minimum absolute atomic E-state index is 0.149.